The van der Waals surface area contributed by atoms with Gasteiger partial charge in [-0.3, -0.25) is 5.10 Å². The van der Waals surface area contributed by atoms with E-state index in [-0.39, 0.29) is 11.5 Å². The molecule has 0 saturated carbocycles. The van der Waals surface area contributed by atoms with Crippen molar-refractivity contribution in [1.82, 2.24) is 15.2 Å². The maximum Gasteiger partial charge on any atom is 0.191 e. The number of aromatic amines is 1. The number of hydrogen-bond donors (Lipinski definition) is 2. The minimum Gasteiger partial charge on any atom is -0.321 e. The fourth-order valence-corrected chi connectivity index (χ4v) is 2.00. The van der Waals surface area contributed by atoms with Gasteiger partial charge in [0, 0.05) is 0 Å². The molecule has 0 aliphatic heterocycles. The van der Waals surface area contributed by atoms with Gasteiger partial charge < -0.3 is 5.73 Å². The van der Waals surface area contributed by atoms with Crippen LogP contribution in [0.25, 0.3) is 10.7 Å². The fraction of sp³-hybridized carbons (Fsp3) is 0.455. The van der Waals surface area contributed by atoms with E-state index in [9.17, 15) is 0 Å². The van der Waals surface area contributed by atoms with Gasteiger partial charge in [0.1, 0.15) is 5.82 Å². The highest BCUT2D eigenvalue weighted by atomic mass is 32.1. The Kier molecular flexibility index (Phi) is 2.82. The van der Waals surface area contributed by atoms with Gasteiger partial charge >= 0.3 is 0 Å². The molecule has 2 rings (SSSR count). The highest BCUT2D eigenvalue weighted by Crippen LogP contribution is 2.29. The Balaban J connectivity index is 2.27. The number of hydrogen-bond acceptors (Lipinski definition) is 4. The molecule has 0 spiro atoms. The molecule has 3 N–H and O–H groups in total. The number of aromatic nitrogens is 3. The highest BCUT2D eigenvalue weighted by molar-refractivity contribution is 7.13. The maximum absolute atomic E-state index is 6.11. The highest BCUT2D eigenvalue weighted by Gasteiger charge is 2.25. The van der Waals surface area contributed by atoms with Crippen molar-refractivity contribution in [3.05, 3.63) is 23.3 Å². The molecule has 86 valence electrons. The summed E-state index contributed by atoms with van der Waals surface area (Å²) in [5.74, 6) is 1.47. The van der Waals surface area contributed by atoms with Gasteiger partial charge in [-0.2, -0.15) is 5.10 Å². The Morgan fingerprint density at radius 2 is 2.19 bits per heavy atom. The summed E-state index contributed by atoms with van der Waals surface area (Å²) < 4.78 is 0. The third-order valence-corrected chi connectivity index (χ3v) is 3.34. The SMILES string of the molecule is CC(C)(C)C(N)c1nc(-c2cccs2)n[nH]1. The summed E-state index contributed by atoms with van der Waals surface area (Å²) in [6, 6.07) is 3.86. The van der Waals surface area contributed by atoms with Gasteiger partial charge in [-0.15, -0.1) is 11.3 Å². The van der Waals surface area contributed by atoms with Crippen molar-refractivity contribution in [2.75, 3.05) is 0 Å². The van der Waals surface area contributed by atoms with Crippen LogP contribution in [0.2, 0.25) is 0 Å². The molecule has 2 aromatic rings. The first-order valence-corrected chi connectivity index (χ1v) is 6.08. The second-order valence-corrected chi connectivity index (χ2v) is 5.81. The average Bonchev–Trinajstić information content (AvgIpc) is 2.85. The minimum absolute atomic E-state index is 0.0216. The maximum atomic E-state index is 6.11. The molecular formula is C11H16N4S. The second-order valence-electron chi connectivity index (χ2n) is 4.87. The molecule has 1 unspecified atom stereocenters. The molecule has 0 bridgehead atoms. The van der Waals surface area contributed by atoms with Crippen molar-refractivity contribution in [1.29, 1.82) is 0 Å². The van der Waals surface area contributed by atoms with Crippen LogP contribution in [0.15, 0.2) is 17.5 Å². The van der Waals surface area contributed by atoms with Crippen molar-refractivity contribution in [2.24, 2.45) is 11.1 Å². The van der Waals surface area contributed by atoms with Crippen LogP contribution in [-0.2, 0) is 0 Å². The summed E-state index contributed by atoms with van der Waals surface area (Å²) in [4.78, 5) is 5.50. The molecule has 2 aromatic heterocycles. The summed E-state index contributed by atoms with van der Waals surface area (Å²) >= 11 is 1.62. The van der Waals surface area contributed by atoms with E-state index >= 15 is 0 Å². The third-order valence-electron chi connectivity index (χ3n) is 2.47. The zero-order valence-electron chi connectivity index (χ0n) is 9.69. The van der Waals surface area contributed by atoms with Gasteiger partial charge in [0.15, 0.2) is 5.82 Å². The van der Waals surface area contributed by atoms with E-state index in [2.05, 4.69) is 36.0 Å². The van der Waals surface area contributed by atoms with Gasteiger partial charge in [-0.25, -0.2) is 4.98 Å². The van der Waals surface area contributed by atoms with E-state index in [4.69, 9.17) is 5.73 Å². The minimum atomic E-state index is -0.131. The van der Waals surface area contributed by atoms with Crippen LogP contribution >= 0.6 is 11.3 Å². The first-order chi connectivity index (χ1) is 7.48. The molecule has 5 heteroatoms. The second kappa shape index (κ2) is 3.99. The Bertz CT molecular complexity index is 453. The van der Waals surface area contributed by atoms with E-state index in [0.717, 1.165) is 16.5 Å². The van der Waals surface area contributed by atoms with Crippen molar-refractivity contribution in [2.45, 2.75) is 26.8 Å². The first-order valence-electron chi connectivity index (χ1n) is 5.20. The van der Waals surface area contributed by atoms with Crippen molar-refractivity contribution in [3.63, 3.8) is 0 Å². The monoisotopic (exact) mass is 236 g/mol. The third kappa shape index (κ3) is 2.15. The van der Waals surface area contributed by atoms with Crippen molar-refractivity contribution >= 4 is 11.3 Å². The van der Waals surface area contributed by atoms with E-state index < -0.39 is 0 Å². The standard InChI is InChI=1S/C11H16N4S/c1-11(2,3)8(12)10-13-9(14-15-10)7-5-4-6-16-7/h4-6,8H,12H2,1-3H3,(H,13,14,15). The summed E-state index contributed by atoms with van der Waals surface area (Å²) in [5.41, 5.74) is 6.09. The summed E-state index contributed by atoms with van der Waals surface area (Å²) in [6.45, 7) is 6.26. The van der Waals surface area contributed by atoms with Crippen LogP contribution in [0.1, 0.15) is 32.6 Å². The van der Waals surface area contributed by atoms with Crippen molar-refractivity contribution < 1.29 is 0 Å². The van der Waals surface area contributed by atoms with Gasteiger partial charge in [-0.05, 0) is 16.9 Å². The number of thiophene rings is 1. The summed E-state index contributed by atoms with van der Waals surface area (Å²) in [6.07, 6.45) is 0. The van der Waals surface area contributed by atoms with Crippen LogP contribution in [-0.4, -0.2) is 15.2 Å². The fourth-order valence-electron chi connectivity index (χ4n) is 1.34. The van der Waals surface area contributed by atoms with E-state index in [1.165, 1.54) is 0 Å². The Morgan fingerprint density at radius 3 is 2.75 bits per heavy atom. The molecule has 0 aromatic carbocycles. The predicted octanol–water partition coefficient (Wildman–Crippen LogP) is 2.58. The van der Waals surface area contributed by atoms with Crippen LogP contribution in [0, 0.1) is 5.41 Å². The number of H-pyrrole nitrogens is 1. The summed E-state index contributed by atoms with van der Waals surface area (Å²) in [7, 11) is 0. The average molecular weight is 236 g/mol. The molecule has 1 atom stereocenters. The molecule has 2 heterocycles. The van der Waals surface area contributed by atoms with E-state index in [1.807, 2.05) is 17.5 Å². The lowest BCUT2D eigenvalue weighted by molar-refractivity contribution is 0.316. The molecular weight excluding hydrogens is 220 g/mol. The molecule has 4 nitrogen and oxygen atoms in total. The first kappa shape index (κ1) is 11.3. The Hall–Kier alpha value is -1.20. The zero-order valence-corrected chi connectivity index (χ0v) is 10.5. The molecule has 0 aliphatic rings. The normalized spacial score (nSPS) is 14.0. The quantitative estimate of drug-likeness (QED) is 0.842. The molecule has 0 saturated heterocycles. The largest absolute Gasteiger partial charge is 0.321 e. The number of nitrogens with zero attached hydrogens (tertiary/aromatic N) is 2. The predicted molar refractivity (Wildman–Crippen MR) is 66.1 cm³/mol. The van der Waals surface area contributed by atoms with Gasteiger partial charge in [0.2, 0.25) is 0 Å². The Morgan fingerprint density at radius 1 is 1.44 bits per heavy atom. The lowest BCUT2D eigenvalue weighted by Gasteiger charge is -2.24. The topological polar surface area (TPSA) is 67.6 Å². The van der Waals surface area contributed by atoms with Gasteiger partial charge in [0.05, 0.1) is 10.9 Å². The Labute approximate surface area is 98.9 Å². The van der Waals surface area contributed by atoms with Crippen LogP contribution in [0.4, 0.5) is 0 Å². The molecule has 0 radical (unpaired) electrons. The smallest absolute Gasteiger partial charge is 0.191 e. The van der Waals surface area contributed by atoms with Crippen LogP contribution in [0.3, 0.4) is 0 Å². The van der Waals surface area contributed by atoms with Gasteiger partial charge in [0.25, 0.3) is 0 Å². The lowest BCUT2D eigenvalue weighted by atomic mass is 9.87. The van der Waals surface area contributed by atoms with Gasteiger partial charge in [-0.1, -0.05) is 26.8 Å². The summed E-state index contributed by atoms with van der Waals surface area (Å²) in [5, 5.41) is 9.12. The lowest BCUT2D eigenvalue weighted by Crippen LogP contribution is -2.27. The molecule has 16 heavy (non-hydrogen) atoms. The van der Waals surface area contributed by atoms with Crippen LogP contribution < -0.4 is 5.73 Å². The zero-order chi connectivity index (χ0) is 11.8. The molecule has 0 fully saturated rings. The van der Waals surface area contributed by atoms with Crippen LogP contribution in [0.5, 0.6) is 0 Å². The van der Waals surface area contributed by atoms with E-state index in [1.54, 1.807) is 11.3 Å². The van der Waals surface area contributed by atoms with E-state index in [0.29, 0.717) is 0 Å². The number of nitrogens with one attached hydrogen (secondary N) is 1. The van der Waals surface area contributed by atoms with Crippen molar-refractivity contribution in [3.8, 4) is 10.7 Å². The molecule has 0 aliphatic carbocycles. The number of rotatable bonds is 2. The molecule has 0 amide bonds. The number of nitrogens with two attached hydrogens (primary N) is 1.